The number of carbonyl (C=O) groups excluding carboxylic acids is 3. The fourth-order valence-electron chi connectivity index (χ4n) is 7.65. The van der Waals surface area contributed by atoms with Crippen molar-refractivity contribution in [2.45, 2.75) is 232 Å². The van der Waals surface area contributed by atoms with E-state index < -0.39 is 6.10 Å². The predicted molar refractivity (Wildman–Crippen MR) is 352 cm³/mol. The number of carbonyl (C=O) groups is 3. The second kappa shape index (κ2) is 66.5. The van der Waals surface area contributed by atoms with Gasteiger partial charge in [0.15, 0.2) is 6.10 Å². The fraction of sp³-hybridized carbons (Fsp3) is 0.507. The highest BCUT2D eigenvalue weighted by molar-refractivity contribution is 5.71. The van der Waals surface area contributed by atoms with E-state index in [9.17, 15) is 14.4 Å². The molecule has 0 rings (SSSR count). The molecule has 0 aliphatic carbocycles. The predicted octanol–water partition coefficient (Wildman–Crippen LogP) is 22.0. The molecule has 0 spiro atoms. The van der Waals surface area contributed by atoms with Crippen molar-refractivity contribution in [3.05, 3.63) is 207 Å². The molecule has 0 aliphatic rings. The van der Waals surface area contributed by atoms with Crippen LogP contribution in [0, 0.1) is 0 Å². The molecule has 0 aromatic carbocycles. The van der Waals surface area contributed by atoms with Crippen LogP contribution in [-0.4, -0.2) is 37.2 Å². The fourth-order valence-corrected chi connectivity index (χ4v) is 7.65. The van der Waals surface area contributed by atoms with Crippen molar-refractivity contribution in [3.8, 4) is 0 Å². The largest absolute Gasteiger partial charge is 0.462 e. The van der Waals surface area contributed by atoms with Crippen LogP contribution in [0.4, 0.5) is 0 Å². The Hall–Kier alpha value is -6.01. The Morgan fingerprint density at radius 2 is 0.444 bits per heavy atom. The van der Waals surface area contributed by atoms with Crippen LogP contribution < -0.4 is 0 Å². The van der Waals surface area contributed by atoms with Crippen LogP contribution in [-0.2, 0) is 28.6 Å². The first-order chi connectivity index (χ1) is 40.0. The minimum absolute atomic E-state index is 0.133. The van der Waals surface area contributed by atoms with Crippen LogP contribution in [0.3, 0.4) is 0 Å². The lowest BCUT2D eigenvalue weighted by Crippen LogP contribution is -2.30. The molecule has 0 aromatic rings. The third kappa shape index (κ3) is 64.7. The van der Waals surface area contributed by atoms with Gasteiger partial charge in [0.05, 0.1) is 0 Å². The van der Waals surface area contributed by atoms with Crippen LogP contribution in [0.1, 0.15) is 226 Å². The van der Waals surface area contributed by atoms with Gasteiger partial charge in [0.25, 0.3) is 0 Å². The summed E-state index contributed by atoms with van der Waals surface area (Å²) in [7, 11) is 0. The van der Waals surface area contributed by atoms with Crippen molar-refractivity contribution in [1.29, 1.82) is 0 Å². The molecule has 0 radical (unpaired) electrons. The van der Waals surface area contributed by atoms with Gasteiger partial charge in [0.1, 0.15) is 13.2 Å². The van der Waals surface area contributed by atoms with Crippen LogP contribution in [0.5, 0.6) is 0 Å². The lowest BCUT2D eigenvalue weighted by Gasteiger charge is -2.18. The van der Waals surface area contributed by atoms with Crippen LogP contribution in [0.2, 0.25) is 0 Å². The summed E-state index contributed by atoms with van der Waals surface area (Å²) in [6.45, 7) is 6.19. The number of hydrogen-bond acceptors (Lipinski definition) is 6. The van der Waals surface area contributed by atoms with Crippen LogP contribution >= 0.6 is 0 Å². The smallest absolute Gasteiger partial charge is 0.306 e. The van der Waals surface area contributed by atoms with E-state index in [0.29, 0.717) is 19.3 Å². The highest BCUT2D eigenvalue weighted by atomic mass is 16.6. The van der Waals surface area contributed by atoms with Gasteiger partial charge in [0, 0.05) is 19.3 Å². The Morgan fingerprint density at radius 1 is 0.247 bits per heavy atom. The van der Waals surface area contributed by atoms with Crippen molar-refractivity contribution in [2.75, 3.05) is 13.2 Å². The highest BCUT2D eigenvalue weighted by Crippen LogP contribution is 2.12. The molecule has 448 valence electrons. The summed E-state index contributed by atoms with van der Waals surface area (Å²) in [5.41, 5.74) is 0. The second-order valence-electron chi connectivity index (χ2n) is 19.8. The van der Waals surface area contributed by atoms with Gasteiger partial charge >= 0.3 is 17.9 Å². The standard InChI is InChI=1S/C75H112O6/c1-4-7-10-13-16-19-22-25-28-31-34-37-40-43-46-49-52-55-58-61-64-67-73(76)79-70-72(81-75(78)69-66-63-60-57-54-51-48-45-42-39-36-33-30-27-24-21-18-15-12-9-6-3)71-80-74(77)68-65-62-59-56-53-50-47-44-41-38-35-32-29-26-23-20-17-14-11-8-5-2/h7-12,16-21,25-30,34-39,43-48,52,54-55,57,72H,4-6,13-15,22-24,31-33,40-42,49-51,53,56,58-71H2,1-3H3/b10-7-,11-8-,12-9-,19-16-,20-17-,21-18-,28-25-,29-26-,30-27-,37-34-,38-35-,39-36-,46-43-,47-44-,48-45-,55-52-,57-54-. The molecule has 0 saturated heterocycles. The molecule has 1 atom stereocenters. The van der Waals surface area contributed by atoms with Gasteiger partial charge < -0.3 is 14.2 Å². The van der Waals surface area contributed by atoms with Gasteiger partial charge in [-0.3, -0.25) is 14.4 Å². The molecule has 81 heavy (non-hydrogen) atoms. The quantitative estimate of drug-likeness (QED) is 0.0261. The van der Waals surface area contributed by atoms with E-state index in [1.54, 1.807) is 0 Å². The number of hydrogen-bond donors (Lipinski definition) is 0. The van der Waals surface area contributed by atoms with Gasteiger partial charge in [-0.1, -0.05) is 247 Å². The minimum Gasteiger partial charge on any atom is -0.462 e. The van der Waals surface area contributed by atoms with Crippen molar-refractivity contribution in [3.63, 3.8) is 0 Å². The third-order valence-electron chi connectivity index (χ3n) is 12.3. The van der Waals surface area contributed by atoms with Crippen molar-refractivity contribution in [1.82, 2.24) is 0 Å². The zero-order valence-electron chi connectivity index (χ0n) is 51.2. The maximum atomic E-state index is 12.9. The normalized spacial score (nSPS) is 13.6. The molecule has 0 fully saturated rings. The lowest BCUT2D eigenvalue weighted by molar-refractivity contribution is -0.167. The summed E-state index contributed by atoms with van der Waals surface area (Å²) in [5, 5.41) is 0. The molecular weight excluding hydrogens is 997 g/mol. The van der Waals surface area contributed by atoms with E-state index in [4.69, 9.17) is 14.2 Å². The van der Waals surface area contributed by atoms with Crippen molar-refractivity contribution in [2.24, 2.45) is 0 Å². The number of unbranched alkanes of at least 4 members (excludes halogenated alkanes) is 9. The van der Waals surface area contributed by atoms with Crippen molar-refractivity contribution >= 4 is 17.9 Å². The monoisotopic (exact) mass is 1110 g/mol. The molecule has 0 heterocycles. The van der Waals surface area contributed by atoms with E-state index in [2.05, 4.69) is 227 Å². The molecule has 0 amide bonds. The summed E-state index contributed by atoms with van der Waals surface area (Å²) in [4.78, 5) is 38.4. The SMILES string of the molecule is CC/C=C\C/C=C\C/C=C\C/C=C\C/C=C\C/C=C\CCCCC(=O)OCC(COC(=O)CCCCCCC/C=C\C/C=C\C/C=C\C/C=C\C/C=C\CC)OC(=O)CCCC/C=C\C/C=C\C/C=C\C/C=C\C/C=C\C/C=C\CC. The Bertz CT molecular complexity index is 2000. The zero-order valence-corrected chi connectivity index (χ0v) is 51.2. The first kappa shape index (κ1) is 75.0. The van der Waals surface area contributed by atoms with Gasteiger partial charge in [0.2, 0.25) is 0 Å². The molecule has 0 bridgehead atoms. The molecule has 0 N–H and O–H groups in total. The van der Waals surface area contributed by atoms with Gasteiger partial charge in [-0.15, -0.1) is 0 Å². The topological polar surface area (TPSA) is 78.9 Å². The van der Waals surface area contributed by atoms with E-state index in [1.807, 2.05) is 0 Å². The van der Waals surface area contributed by atoms with E-state index in [1.165, 1.54) is 0 Å². The number of allylic oxidation sites excluding steroid dienone is 34. The van der Waals surface area contributed by atoms with E-state index in [-0.39, 0.29) is 44.0 Å². The first-order valence-corrected chi connectivity index (χ1v) is 31.6. The van der Waals surface area contributed by atoms with Gasteiger partial charge in [-0.05, 0) is 167 Å². The molecule has 6 heteroatoms. The van der Waals surface area contributed by atoms with E-state index in [0.717, 1.165) is 173 Å². The Morgan fingerprint density at radius 3 is 0.716 bits per heavy atom. The van der Waals surface area contributed by atoms with Gasteiger partial charge in [-0.25, -0.2) is 0 Å². The maximum Gasteiger partial charge on any atom is 0.306 e. The molecule has 0 aromatic heterocycles. The molecule has 0 saturated carbocycles. The lowest BCUT2D eigenvalue weighted by atomic mass is 10.1. The van der Waals surface area contributed by atoms with Gasteiger partial charge in [-0.2, -0.15) is 0 Å². The molecule has 0 aliphatic heterocycles. The van der Waals surface area contributed by atoms with Crippen LogP contribution in [0.15, 0.2) is 207 Å². The van der Waals surface area contributed by atoms with E-state index >= 15 is 0 Å². The van der Waals surface area contributed by atoms with Crippen molar-refractivity contribution < 1.29 is 28.6 Å². The number of esters is 3. The minimum atomic E-state index is -0.844. The zero-order chi connectivity index (χ0) is 58.5. The average molecular weight is 1110 g/mol. The first-order valence-electron chi connectivity index (χ1n) is 31.6. The molecule has 1 unspecified atom stereocenters. The Labute approximate surface area is 496 Å². The number of ether oxygens (including phenoxy) is 3. The summed E-state index contributed by atoms with van der Waals surface area (Å²) in [5.74, 6) is -1.05. The summed E-state index contributed by atoms with van der Waals surface area (Å²) in [6.07, 6.45) is 103. The molecule has 6 nitrogen and oxygen atoms in total. The second-order valence-corrected chi connectivity index (χ2v) is 19.8. The Balaban J connectivity index is 4.65. The Kier molecular flexibility index (Phi) is 61.6. The molecular formula is C75H112O6. The summed E-state index contributed by atoms with van der Waals surface area (Å²) in [6, 6.07) is 0. The number of rotatable bonds is 54. The van der Waals surface area contributed by atoms with Crippen LogP contribution in [0.25, 0.3) is 0 Å². The summed E-state index contributed by atoms with van der Waals surface area (Å²) < 4.78 is 16.8. The maximum absolute atomic E-state index is 12.9. The average Bonchev–Trinajstić information content (AvgIpc) is 3.47. The third-order valence-corrected chi connectivity index (χ3v) is 12.3. The summed E-state index contributed by atoms with van der Waals surface area (Å²) >= 11 is 0. The highest BCUT2D eigenvalue weighted by Gasteiger charge is 2.19.